The minimum absolute atomic E-state index is 0.671. The first-order valence-electron chi connectivity index (χ1n) is 5.53. The van der Waals surface area contributed by atoms with Gasteiger partial charge in [0.2, 0.25) is 0 Å². The average Bonchev–Trinajstić information content (AvgIpc) is 2.76. The third-order valence-electron chi connectivity index (χ3n) is 2.73. The van der Waals surface area contributed by atoms with E-state index in [-0.39, 0.29) is 0 Å². The highest BCUT2D eigenvalue weighted by atomic mass is 79.9. The fourth-order valence-electron chi connectivity index (χ4n) is 1.81. The minimum atomic E-state index is 0.671. The lowest BCUT2D eigenvalue weighted by Gasteiger charge is -2.04. The van der Waals surface area contributed by atoms with Gasteiger partial charge in [-0.2, -0.15) is 0 Å². The largest absolute Gasteiger partial charge is 0.455 e. The molecule has 0 atom stereocenters. The molecule has 96 valence electrons. The molecule has 0 aliphatic carbocycles. The molecule has 3 rings (SSSR count). The van der Waals surface area contributed by atoms with E-state index in [1.807, 2.05) is 42.6 Å². The van der Waals surface area contributed by atoms with Crippen molar-refractivity contribution in [3.8, 4) is 11.5 Å². The van der Waals surface area contributed by atoms with Crippen LogP contribution in [0.2, 0.25) is 5.02 Å². The van der Waals surface area contributed by atoms with Crippen molar-refractivity contribution in [2.45, 2.75) is 0 Å². The summed E-state index contributed by atoms with van der Waals surface area (Å²) in [6, 6.07) is 11.5. The highest BCUT2D eigenvalue weighted by molar-refractivity contribution is 9.10. The monoisotopic (exact) mass is 399 g/mol. The van der Waals surface area contributed by atoms with Crippen LogP contribution >= 0.6 is 43.5 Å². The summed E-state index contributed by atoms with van der Waals surface area (Å²) >= 11 is 12.9. The molecule has 2 aromatic carbocycles. The quantitative estimate of drug-likeness (QED) is 0.548. The number of aromatic nitrogens is 1. The second-order valence-electron chi connectivity index (χ2n) is 4.02. The molecule has 0 radical (unpaired) electrons. The van der Waals surface area contributed by atoms with Crippen LogP contribution in [0, 0.1) is 0 Å². The number of benzene rings is 2. The van der Waals surface area contributed by atoms with E-state index in [2.05, 4.69) is 36.8 Å². The lowest BCUT2D eigenvalue weighted by Crippen LogP contribution is -1.82. The van der Waals surface area contributed by atoms with Crippen LogP contribution < -0.4 is 4.74 Å². The van der Waals surface area contributed by atoms with Crippen LogP contribution in [0.4, 0.5) is 0 Å². The number of hydrogen-bond acceptors (Lipinski definition) is 1. The van der Waals surface area contributed by atoms with Crippen molar-refractivity contribution in [3.05, 3.63) is 56.6 Å². The van der Waals surface area contributed by atoms with Crippen LogP contribution in [0.5, 0.6) is 11.5 Å². The van der Waals surface area contributed by atoms with E-state index in [4.69, 9.17) is 16.3 Å². The van der Waals surface area contributed by atoms with Crippen LogP contribution in [0.1, 0.15) is 0 Å². The first-order valence-corrected chi connectivity index (χ1v) is 7.49. The molecule has 0 aliphatic rings. The third kappa shape index (κ3) is 2.66. The molecule has 0 fully saturated rings. The second-order valence-corrected chi connectivity index (χ2v) is 6.20. The van der Waals surface area contributed by atoms with Crippen LogP contribution in [0.3, 0.4) is 0 Å². The second kappa shape index (κ2) is 5.19. The number of aromatic amines is 1. The van der Waals surface area contributed by atoms with Crippen LogP contribution in [-0.4, -0.2) is 4.98 Å². The fraction of sp³-hybridized carbons (Fsp3) is 0. The van der Waals surface area contributed by atoms with E-state index >= 15 is 0 Å². The first-order chi connectivity index (χ1) is 9.13. The highest BCUT2D eigenvalue weighted by Crippen LogP contribution is 2.35. The summed E-state index contributed by atoms with van der Waals surface area (Å²) in [6.45, 7) is 0. The van der Waals surface area contributed by atoms with Crippen LogP contribution in [-0.2, 0) is 0 Å². The van der Waals surface area contributed by atoms with E-state index in [9.17, 15) is 0 Å². The molecule has 3 aromatic rings. The van der Waals surface area contributed by atoms with Crippen LogP contribution in [0.15, 0.2) is 51.5 Å². The molecular weight excluding hydrogens is 393 g/mol. The molecule has 1 heterocycles. The van der Waals surface area contributed by atoms with Gasteiger partial charge < -0.3 is 9.72 Å². The summed E-state index contributed by atoms with van der Waals surface area (Å²) in [5.74, 6) is 1.56. The van der Waals surface area contributed by atoms with Gasteiger partial charge in [-0.3, -0.25) is 0 Å². The summed E-state index contributed by atoms with van der Waals surface area (Å²) in [7, 11) is 0. The predicted molar refractivity (Wildman–Crippen MR) is 85.2 cm³/mol. The van der Waals surface area contributed by atoms with Gasteiger partial charge >= 0.3 is 0 Å². The standard InChI is InChI=1S/C14H8Br2ClNO/c15-8-1-3-9(4-2-8)19-14-7-18-13-6-12(17)11(16)5-10(13)14/h1-7,18H. The first kappa shape index (κ1) is 13.0. The molecule has 0 amide bonds. The summed E-state index contributed by atoms with van der Waals surface area (Å²) in [4.78, 5) is 3.15. The smallest absolute Gasteiger partial charge is 0.152 e. The third-order valence-corrected chi connectivity index (χ3v) is 4.45. The Balaban J connectivity index is 2.01. The van der Waals surface area contributed by atoms with Crippen molar-refractivity contribution in [2.75, 3.05) is 0 Å². The van der Waals surface area contributed by atoms with E-state index in [0.717, 1.165) is 31.3 Å². The Hall–Kier alpha value is -0.970. The molecule has 0 saturated carbocycles. The Morgan fingerprint density at radius 3 is 2.53 bits per heavy atom. The van der Waals surface area contributed by atoms with E-state index in [1.54, 1.807) is 0 Å². The van der Waals surface area contributed by atoms with Gasteiger partial charge in [0.25, 0.3) is 0 Å². The van der Waals surface area contributed by atoms with E-state index < -0.39 is 0 Å². The van der Waals surface area contributed by atoms with Gasteiger partial charge in [-0.05, 0) is 52.3 Å². The molecule has 0 unspecified atom stereocenters. The van der Waals surface area contributed by atoms with Gasteiger partial charge in [0.05, 0.1) is 10.5 Å². The maximum absolute atomic E-state index is 6.06. The Labute approximate surface area is 132 Å². The molecule has 0 aliphatic heterocycles. The summed E-state index contributed by atoms with van der Waals surface area (Å²) in [6.07, 6.45) is 1.83. The molecule has 19 heavy (non-hydrogen) atoms. The normalized spacial score (nSPS) is 10.9. The van der Waals surface area contributed by atoms with Gasteiger partial charge in [-0.25, -0.2) is 0 Å². The van der Waals surface area contributed by atoms with Gasteiger partial charge in [0, 0.05) is 20.5 Å². The summed E-state index contributed by atoms with van der Waals surface area (Å²) in [5, 5.41) is 1.66. The zero-order valence-corrected chi connectivity index (χ0v) is 13.5. The van der Waals surface area contributed by atoms with Gasteiger partial charge in [-0.15, -0.1) is 0 Å². The Bertz CT molecular complexity index is 737. The molecule has 2 nitrogen and oxygen atoms in total. The van der Waals surface area contributed by atoms with Crippen molar-refractivity contribution in [1.82, 2.24) is 4.98 Å². The molecule has 0 spiro atoms. The van der Waals surface area contributed by atoms with E-state index in [1.165, 1.54) is 0 Å². The number of halogens is 3. The van der Waals surface area contributed by atoms with Crippen molar-refractivity contribution in [1.29, 1.82) is 0 Å². The van der Waals surface area contributed by atoms with Crippen molar-refractivity contribution in [2.24, 2.45) is 0 Å². The number of rotatable bonds is 2. The summed E-state index contributed by atoms with van der Waals surface area (Å²) < 4.78 is 7.74. The zero-order valence-electron chi connectivity index (χ0n) is 9.58. The van der Waals surface area contributed by atoms with Crippen molar-refractivity contribution >= 4 is 54.4 Å². The number of nitrogens with one attached hydrogen (secondary N) is 1. The predicted octanol–water partition coefficient (Wildman–Crippen LogP) is 6.14. The Morgan fingerprint density at radius 2 is 1.79 bits per heavy atom. The Morgan fingerprint density at radius 1 is 1.05 bits per heavy atom. The number of H-pyrrole nitrogens is 1. The topological polar surface area (TPSA) is 25.0 Å². The number of fused-ring (bicyclic) bond motifs is 1. The molecule has 5 heteroatoms. The van der Waals surface area contributed by atoms with Gasteiger partial charge in [0.1, 0.15) is 5.75 Å². The maximum atomic E-state index is 6.06. The SMILES string of the molecule is Clc1cc2[nH]cc(Oc3ccc(Br)cc3)c2cc1Br. The number of ether oxygens (including phenoxy) is 1. The maximum Gasteiger partial charge on any atom is 0.152 e. The van der Waals surface area contributed by atoms with Crippen molar-refractivity contribution in [3.63, 3.8) is 0 Å². The molecule has 1 aromatic heterocycles. The Kier molecular flexibility index (Phi) is 3.56. The zero-order chi connectivity index (χ0) is 13.4. The van der Waals surface area contributed by atoms with E-state index in [0.29, 0.717) is 5.02 Å². The molecule has 0 saturated heterocycles. The molecule has 1 N–H and O–H groups in total. The molecule has 0 bridgehead atoms. The molecular formula is C14H8Br2ClNO. The highest BCUT2D eigenvalue weighted by Gasteiger charge is 2.09. The lowest BCUT2D eigenvalue weighted by molar-refractivity contribution is 0.488. The average molecular weight is 401 g/mol. The van der Waals surface area contributed by atoms with Gasteiger partial charge in [-0.1, -0.05) is 27.5 Å². The number of hydrogen-bond donors (Lipinski definition) is 1. The lowest BCUT2D eigenvalue weighted by atomic mass is 10.2. The van der Waals surface area contributed by atoms with Crippen LogP contribution in [0.25, 0.3) is 10.9 Å². The summed E-state index contributed by atoms with van der Waals surface area (Å²) in [5.41, 5.74) is 0.945. The fourth-order valence-corrected chi connectivity index (χ4v) is 2.58. The van der Waals surface area contributed by atoms with Crippen molar-refractivity contribution < 1.29 is 4.74 Å². The van der Waals surface area contributed by atoms with Gasteiger partial charge in [0.15, 0.2) is 5.75 Å². The minimum Gasteiger partial charge on any atom is -0.455 e.